The van der Waals surface area contributed by atoms with Crippen LogP contribution in [0.2, 0.25) is 0 Å². The van der Waals surface area contributed by atoms with Gasteiger partial charge in [-0.2, -0.15) is 15.8 Å². The van der Waals surface area contributed by atoms with Crippen molar-refractivity contribution in [3.05, 3.63) is 29.8 Å². The van der Waals surface area contributed by atoms with Crippen LogP contribution >= 0.6 is 0 Å². The number of aliphatic imine (C=N–C) groups is 1. The molecule has 1 rings (SSSR count). The Hall–Kier alpha value is -2.68. The molecule has 0 amide bonds. The highest BCUT2D eigenvalue weighted by atomic mass is 14.8. The zero-order valence-electron chi connectivity index (χ0n) is 9.83. The average Bonchev–Trinajstić information content (AvgIpc) is 2.39. The highest BCUT2D eigenvalue weighted by Gasteiger charge is 2.22. The van der Waals surface area contributed by atoms with Gasteiger partial charge >= 0.3 is 0 Å². The highest BCUT2D eigenvalue weighted by Crippen LogP contribution is 2.14. The number of hydrogen-bond acceptors (Lipinski definition) is 5. The Balaban J connectivity index is 3.05. The fraction of sp³-hybridized carbons (Fsp3) is 0.231. The first-order valence-electron chi connectivity index (χ1n) is 5.22. The third kappa shape index (κ3) is 3.15. The Morgan fingerprint density at radius 2 is 1.72 bits per heavy atom. The third-order valence-corrected chi connectivity index (χ3v) is 2.35. The molecule has 0 heterocycles. The van der Waals surface area contributed by atoms with Gasteiger partial charge in [-0.25, -0.2) is 4.99 Å². The first kappa shape index (κ1) is 13.4. The first-order chi connectivity index (χ1) is 8.62. The van der Waals surface area contributed by atoms with E-state index in [0.717, 1.165) is 5.56 Å². The van der Waals surface area contributed by atoms with Gasteiger partial charge in [0.1, 0.15) is 11.8 Å². The maximum Gasteiger partial charge on any atom is 0.154 e. The van der Waals surface area contributed by atoms with Gasteiger partial charge in [-0.05, 0) is 19.1 Å². The second kappa shape index (κ2) is 6.15. The second-order valence-electron chi connectivity index (χ2n) is 3.71. The summed E-state index contributed by atoms with van der Waals surface area (Å²) in [6.07, 6.45) is 0. The minimum Gasteiger partial charge on any atom is -0.320 e. The third-order valence-electron chi connectivity index (χ3n) is 2.35. The summed E-state index contributed by atoms with van der Waals surface area (Å²) in [6, 6.07) is 11.5. The van der Waals surface area contributed by atoms with Crippen LogP contribution in [0.4, 0.5) is 5.69 Å². The molecule has 0 aromatic heterocycles. The number of hydrogen-bond donors (Lipinski definition) is 1. The largest absolute Gasteiger partial charge is 0.320 e. The van der Waals surface area contributed by atoms with Crippen molar-refractivity contribution in [2.45, 2.75) is 13.0 Å². The lowest BCUT2D eigenvalue weighted by Crippen LogP contribution is -2.36. The Bertz CT molecular complexity index is 551. The Labute approximate surface area is 105 Å². The van der Waals surface area contributed by atoms with Crippen molar-refractivity contribution in [3.8, 4) is 18.2 Å². The van der Waals surface area contributed by atoms with Crippen LogP contribution in [0, 0.1) is 46.8 Å². The van der Waals surface area contributed by atoms with Gasteiger partial charge in [0, 0.05) is 0 Å². The molecular weight excluding hydrogens is 226 g/mol. The summed E-state index contributed by atoms with van der Waals surface area (Å²) in [5.74, 6) is -1.08. The summed E-state index contributed by atoms with van der Waals surface area (Å²) in [6.45, 7) is 1.94. The number of aryl methyl sites for hydroxylation is 1. The topological polar surface area (TPSA) is 110 Å². The van der Waals surface area contributed by atoms with Crippen molar-refractivity contribution in [1.29, 1.82) is 15.8 Å². The number of nitrogens with two attached hydrogens (primary N) is 1. The SMILES string of the molecule is Cc1ccc(N=C(C#N)[C@@H](N)C(C#N)C#N)cc1. The van der Waals surface area contributed by atoms with E-state index in [0.29, 0.717) is 5.69 Å². The van der Waals surface area contributed by atoms with E-state index in [1.54, 1.807) is 24.3 Å². The molecule has 5 heteroatoms. The van der Waals surface area contributed by atoms with Gasteiger partial charge < -0.3 is 5.73 Å². The molecule has 0 fully saturated rings. The van der Waals surface area contributed by atoms with Crippen molar-refractivity contribution < 1.29 is 0 Å². The van der Waals surface area contributed by atoms with E-state index in [4.69, 9.17) is 21.5 Å². The maximum absolute atomic E-state index is 8.97. The summed E-state index contributed by atoms with van der Waals surface area (Å²) in [7, 11) is 0. The molecule has 0 spiro atoms. The fourth-order valence-corrected chi connectivity index (χ4v) is 1.28. The van der Waals surface area contributed by atoms with Crippen LogP contribution in [0.5, 0.6) is 0 Å². The van der Waals surface area contributed by atoms with Crippen molar-refractivity contribution in [2.24, 2.45) is 16.6 Å². The molecule has 5 nitrogen and oxygen atoms in total. The standard InChI is InChI=1S/C13H11N5/c1-9-2-4-11(5-3-9)18-12(8-16)13(17)10(6-14)7-15/h2-5,10,13H,17H2,1H3/t13-/m0/s1. The van der Waals surface area contributed by atoms with Gasteiger partial charge in [-0.3, -0.25) is 0 Å². The number of rotatable bonds is 3. The van der Waals surface area contributed by atoms with Crippen LogP contribution < -0.4 is 5.73 Å². The van der Waals surface area contributed by atoms with Crippen LogP contribution in [0.3, 0.4) is 0 Å². The van der Waals surface area contributed by atoms with Crippen molar-refractivity contribution in [2.75, 3.05) is 0 Å². The zero-order chi connectivity index (χ0) is 13.5. The lowest BCUT2D eigenvalue weighted by atomic mass is 10.00. The molecule has 0 bridgehead atoms. The molecule has 88 valence electrons. The summed E-state index contributed by atoms with van der Waals surface area (Å²) >= 11 is 0. The van der Waals surface area contributed by atoms with Crippen LogP contribution in [0.1, 0.15) is 5.56 Å². The molecule has 18 heavy (non-hydrogen) atoms. The number of nitriles is 3. The lowest BCUT2D eigenvalue weighted by molar-refractivity contribution is 0.752. The molecule has 1 aromatic rings. The molecule has 0 saturated carbocycles. The maximum atomic E-state index is 8.97. The van der Waals surface area contributed by atoms with E-state index in [1.807, 2.05) is 25.1 Å². The van der Waals surface area contributed by atoms with E-state index in [2.05, 4.69) is 4.99 Å². The molecule has 0 saturated heterocycles. The van der Waals surface area contributed by atoms with Gasteiger partial charge in [-0.15, -0.1) is 0 Å². The highest BCUT2D eigenvalue weighted by molar-refractivity contribution is 6.04. The van der Waals surface area contributed by atoms with E-state index < -0.39 is 12.0 Å². The fourth-order valence-electron chi connectivity index (χ4n) is 1.28. The minimum absolute atomic E-state index is 0.0213. The number of benzene rings is 1. The van der Waals surface area contributed by atoms with Crippen molar-refractivity contribution in [1.82, 2.24) is 0 Å². The van der Waals surface area contributed by atoms with Crippen LogP contribution in [0.15, 0.2) is 29.3 Å². The normalized spacial score (nSPS) is 12.3. The smallest absolute Gasteiger partial charge is 0.154 e. The van der Waals surface area contributed by atoms with Crippen LogP contribution in [-0.4, -0.2) is 11.8 Å². The van der Waals surface area contributed by atoms with Gasteiger partial charge in [0.25, 0.3) is 0 Å². The Morgan fingerprint density at radius 3 is 2.17 bits per heavy atom. The van der Waals surface area contributed by atoms with Gasteiger partial charge in [0.2, 0.25) is 0 Å². The Morgan fingerprint density at radius 1 is 1.17 bits per heavy atom. The first-order valence-corrected chi connectivity index (χ1v) is 5.22. The molecule has 1 aromatic carbocycles. The molecule has 0 aliphatic rings. The molecule has 0 aliphatic carbocycles. The minimum atomic E-state index is -1.08. The van der Waals surface area contributed by atoms with Crippen molar-refractivity contribution >= 4 is 11.4 Å². The molecule has 0 radical (unpaired) electrons. The van der Waals surface area contributed by atoms with E-state index >= 15 is 0 Å². The van der Waals surface area contributed by atoms with Gasteiger partial charge in [-0.1, -0.05) is 17.7 Å². The predicted molar refractivity (Wildman–Crippen MR) is 66.6 cm³/mol. The van der Waals surface area contributed by atoms with Crippen LogP contribution in [0.25, 0.3) is 0 Å². The average molecular weight is 237 g/mol. The quantitative estimate of drug-likeness (QED) is 0.804. The molecule has 2 N–H and O–H groups in total. The van der Waals surface area contributed by atoms with Gasteiger partial charge in [0.05, 0.1) is 23.9 Å². The monoisotopic (exact) mass is 237 g/mol. The van der Waals surface area contributed by atoms with Gasteiger partial charge in [0.15, 0.2) is 5.92 Å². The van der Waals surface area contributed by atoms with E-state index in [9.17, 15) is 0 Å². The molecule has 0 aliphatic heterocycles. The van der Waals surface area contributed by atoms with Crippen LogP contribution in [-0.2, 0) is 0 Å². The summed E-state index contributed by atoms with van der Waals surface area (Å²) < 4.78 is 0. The summed E-state index contributed by atoms with van der Waals surface area (Å²) in [5.41, 5.74) is 7.30. The molecule has 0 unspecified atom stereocenters. The molecule has 1 atom stereocenters. The Kier molecular flexibility index (Phi) is 4.58. The van der Waals surface area contributed by atoms with E-state index in [-0.39, 0.29) is 5.71 Å². The summed E-state index contributed by atoms with van der Waals surface area (Å²) in [5, 5.41) is 26.4. The van der Waals surface area contributed by atoms with Crippen molar-refractivity contribution in [3.63, 3.8) is 0 Å². The zero-order valence-corrected chi connectivity index (χ0v) is 9.83. The summed E-state index contributed by atoms with van der Waals surface area (Å²) in [4.78, 5) is 4.06. The number of nitrogens with zero attached hydrogens (tertiary/aromatic N) is 4. The lowest BCUT2D eigenvalue weighted by Gasteiger charge is -2.09. The predicted octanol–water partition coefficient (Wildman–Crippen LogP) is 1.58. The second-order valence-corrected chi connectivity index (χ2v) is 3.71. The van der Waals surface area contributed by atoms with E-state index in [1.165, 1.54) is 0 Å². The molecular formula is C13H11N5.